The van der Waals surface area contributed by atoms with Crippen LogP contribution in [0.3, 0.4) is 0 Å². The molecule has 0 spiro atoms. The second-order valence-corrected chi connectivity index (χ2v) is 5.51. The van der Waals surface area contributed by atoms with E-state index in [4.69, 9.17) is 0 Å². The fourth-order valence-electron chi connectivity index (χ4n) is 3.08. The van der Waals surface area contributed by atoms with Crippen LogP contribution in [0, 0.1) is 5.41 Å². The lowest BCUT2D eigenvalue weighted by Gasteiger charge is -2.41. The molecule has 0 radical (unpaired) electrons. The van der Waals surface area contributed by atoms with E-state index in [9.17, 15) is 15.0 Å². The van der Waals surface area contributed by atoms with Gasteiger partial charge in [0.25, 0.3) is 0 Å². The number of carboxylic acids is 1. The number of aliphatic carboxylic acids is 1. The highest BCUT2D eigenvalue weighted by molar-refractivity contribution is 5.74. The van der Waals surface area contributed by atoms with Crippen molar-refractivity contribution < 1.29 is 15.0 Å². The topological polar surface area (TPSA) is 60.8 Å². The van der Waals surface area contributed by atoms with Gasteiger partial charge in [0.2, 0.25) is 0 Å². The highest BCUT2D eigenvalue weighted by Crippen LogP contribution is 2.34. The van der Waals surface area contributed by atoms with Gasteiger partial charge in [0.1, 0.15) is 0 Å². The lowest BCUT2D eigenvalue weighted by molar-refractivity contribution is -0.152. The van der Waals surface area contributed by atoms with Gasteiger partial charge in [-0.15, -0.1) is 0 Å². The van der Waals surface area contributed by atoms with Gasteiger partial charge < -0.3 is 10.2 Å². The first kappa shape index (κ1) is 11.9. The maximum absolute atomic E-state index is 11.2. The molecule has 0 bridgehead atoms. The molecule has 1 aliphatic carbocycles. The molecule has 0 amide bonds. The maximum Gasteiger partial charge on any atom is 0.310 e. The smallest absolute Gasteiger partial charge is 0.310 e. The standard InChI is InChI=1S/C12H21NO3/c1-12(11(15)16)6-3-7-13(8-12)9-4-2-5-10(9)14/h9-10,14H,2-8H2,1H3,(H,15,16). The number of piperidine rings is 1. The van der Waals surface area contributed by atoms with Gasteiger partial charge in [-0.05, 0) is 45.6 Å². The summed E-state index contributed by atoms with van der Waals surface area (Å²) in [6.45, 7) is 3.34. The molecular weight excluding hydrogens is 206 g/mol. The molecule has 92 valence electrons. The minimum absolute atomic E-state index is 0.193. The number of rotatable bonds is 2. The predicted molar refractivity (Wildman–Crippen MR) is 60.2 cm³/mol. The lowest BCUT2D eigenvalue weighted by atomic mass is 9.81. The van der Waals surface area contributed by atoms with Crippen LogP contribution in [-0.4, -0.2) is 46.3 Å². The van der Waals surface area contributed by atoms with E-state index in [2.05, 4.69) is 4.90 Å². The monoisotopic (exact) mass is 227 g/mol. The molecule has 1 aliphatic heterocycles. The summed E-state index contributed by atoms with van der Waals surface area (Å²) in [6.07, 6.45) is 4.36. The number of nitrogens with zero attached hydrogens (tertiary/aromatic N) is 1. The van der Waals surface area contributed by atoms with E-state index in [1.807, 2.05) is 6.92 Å². The molecule has 3 unspecified atom stereocenters. The van der Waals surface area contributed by atoms with Crippen LogP contribution < -0.4 is 0 Å². The molecular formula is C12H21NO3. The van der Waals surface area contributed by atoms with Crippen molar-refractivity contribution in [2.75, 3.05) is 13.1 Å². The average Bonchev–Trinajstić information content (AvgIpc) is 2.64. The van der Waals surface area contributed by atoms with Gasteiger partial charge in [0.15, 0.2) is 0 Å². The minimum atomic E-state index is -0.704. The van der Waals surface area contributed by atoms with Crippen molar-refractivity contribution in [2.24, 2.45) is 5.41 Å². The van der Waals surface area contributed by atoms with E-state index >= 15 is 0 Å². The molecule has 1 heterocycles. The zero-order valence-corrected chi connectivity index (χ0v) is 9.85. The molecule has 0 aromatic rings. The van der Waals surface area contributed by atoms with E-state index < -0.39 is 11.4 Å². The van der Waals surface area contributed by atoms with Crippen LogP contribution in [0.25, 0.3) is 0 Å². The Balaban J connectivity index is 2.04. The molecule has 3 atom stereocenters. The fraction of sp³-hybridized carbons (Fsp3) is 0.917. The Morgan fingerprint density at radius 2 is 2.12 bits per heavy atom. The Bertz CT molecular complexity index is 281. The van der Waals surface area contributed by atoms with E-state index in [0.29, 0.717) is 6.54 Å². The number of carboxylic acid groups (broad SMARTS) is 1. The van der Waals surface area contributed by atoms with Gasteiger partial charge in [-0.2, -0.15) is 0 Å². The molecule has 4 nitrogen and oxygen atoms in total. The van der Waals surface area contributed by atoms with Crippen LogP contribution in [-0.2, 0) is 4.79 Å². The Hall–Kier alpha value is -0.610. The second kappa shape index (κ2) is 4.34. The molecule has 0 aromatic heterocycles. The van der Waals surface area contributed by atoms with Crippen molar-refractivity contribution in [1.29, 1.82) is 0 Å². The number of aliphatic hydroxyl groups is 1. The Morgan fingerprint density at radius 1 is 1.38 bits per heavy atom. The van der Waals surface area contributed by atoms with Crippen LogP contribution in [0.1, 0.15) is 39.0 Å². The Morgan fingerprint density at radius 3 is 2.69 bits per heavy atom. The highest BCUT2D eigenvalue weighted by Gasteiger charge is 2.42. The molecule has 0 aromatic carbocycles. The van der Waals surface area contributed by atoms with Gasteiger partial charge >= 0.3 is 5.97 Å². The molecule has 16 heavy (non-hydrogen) atoms. The van der Waals surface area contributed by atoms with E-state index in [1.54, 1.807) is 0 Å². The maximum atomic E-state index is 11.2. The van der Waals surface area contributed by atoms with Crippen LogP contribution in [0.15, 0.2) is 0 Å². The number of hydrogen-bond acceptors (Lipinski definition) is 3. The summed E-state index contributed by atoms with van der Waals surface area (Å²) in [7, 11) is 0. The summed E-state index contributed by atoms with van der Waals surface area (Å²) in [5, 5.41) is 19.1. The van der Waals surface area contributed by atoms with Gasteiger partial charge in [0.05, 0.1) is 11.5 Å². The number of carbonyl (C=O) groups is 1. The molecule has 1 saturated carbocycles. The molecule has 1 saturated heterocycles. The van der Waals surface area contributed by atoms with Crippen molar-refractivity contribution in [1.82, 2.24) is 4.90 Å². The highest BCUT2D eigenvalue weighted by atomic mass is 16.4. The van der Waals surface area contributed by atoms with Crippen molar-refractivity contribution in [3.63, 3.8) is 0 Å². The summed E-state index contributed by atoms with van der Waals surface area (Å²) in [5.74, 6) is -0.704. The largest absolute Gasteiger partial charge is 0.481 e. The van der Waals surface area contributed by atoms with Gasteiger partial charge in [-0.25, -0.2) is 0 Å². The third kappa shape index (κ3) is 2.09. The van der Waals surface area contributed by atoms with Crippen LogP contribution in [0.2, 0.25) is 0 Å². The Labute approximate surface area is 96.3 Å². The third-order valence-corrected chi connectivity index (χ3v) is 4.16. The lowest BCUT2D eigenvalue weighted by Crippen LogP contribution is -2.51. The minimum Gasteiger partial charge on any atom is -0.481 e. The quantitative estimate of drug-likeness (QED) is 0.741. The van der Waals surface area contributed by atoms with E-state index in [1.165, 1.54) is 0 Å². The first-order valence-electron chi connectivity index (χ1n) is 6.18. The first-order valence-corrected chi connectivity index (χ1v) is 6.18. The van der Waals surface area contributed by atoms with Crippen molar-refractivity contribution in [3.05, 3.63) is 0 Å². The summed E-state index contributed by atoms with van der Waals surface area (Å²) < 4.78 is 0. The predicted octanol–water partition coefficient (Wildman–Crippen LogP) is 1.09. The summed E-state index contributed by atoms with van der Waals surface area (Å²) in [4.78, 5) is 13.4. The zero-order chi connectivity index (χ0) is 11.8. The van der Waals surface area contributed by atoms with E-state index in [-0.39, 0.29) is 12.1 Å². The molecule has 4 heteroatoms. The van der Waals surface area contributed by atoms with Gasteiger partial charge in [0, 0.05) is 12.6 Å². The second-order valence-electron chi connectivity index (χ2n) is 5.51. The van der Waals surface area contributed by atoms with E-state index in [0.717, 1.165) is 38.6 Å². The van der Waals surface area contributed by atoms with Crippen molar-refractivity contribution in [3.8, 4) is 0 Å². The molecule has 2 aliphatic rings. The van der Waals surface area contributed by atoms with Gasteiger partial charge in [-0.3, -0.25) is 9.69 Å². The Kier molecular flexibility index (Phi) is 3.22. The normalized spacial score (nSPS) is 41.1. The number of aliphatic hydroxyl groups excluding tert-OH is 1. The first-order chi connectivity index (χ1) is 7.53. The number of hydrogen-bond donors (Lipinski definition) is 2. The molecule has 2 N–H and O–H groups in total. The van der Waals surface area contributed by atoms with Crippen LogP contribution in [0.5, 0.6) is 0 Å². The average molecular weight is 227 g/mol. The van der Waals surface area contributed by atoms with Gasteiger partial charge in [-0.1, -0.05) is 0 Å². The summed E-state index contributed by atoms with van der Waals surface area (Å²) in [6, 6.07) is 0.193. The summed E-state index contributed by atoms with van der Waals surface area (Å²) >= 11 is 0. The zero-order valence-electron chi connectivity index (χ0n) is 9.85. The SMILES string of the molecule is CC1(C(=O)O)CCCN(C2CCCC2O)C1. The summed E-state index contributed by atoms with van der Waals surface area (Å²) in [5.41, 5.74) is -0.624. The van der Waals surface area contributed by atoms with Crippen molar-refractivity contribution in [2.45, 2.75) is 51.2 Å². The molecule has 2 rings (SSSR count). The number of likely N-dealkylation sites (tertiary alicyclic amines) is 1. The fourth-order valence-corrected chi connectivity index (χ4v) is 3.08. The van der Waals surface area contributed by atoms with Crippen LogP contribution >= 0.6 is 0 Å². The third-order valence-electron chi connectivity index (χ3n) is 4.16. The van der Waals surface area contributed by atoms with Crippen LogP contribution in [0.4, 0.5) is 0 Å². The van der Waals surface area contributed by atoms with Crippen molar-refractivity contribution >= 4 is 5.97 Å². The molecule has 2 fully saturated rings.